The normalized spacial score (nSPS) is 18.3. The van der Waals surface area contributed by atoms with E-state index >= 15 is 0 Å². The number of aryl methyl sites for hydroxylation is 2. The predicted octanol–water partition coefficient (Wildman–Crippen LogP) is 2.67. The molecule has 0 saturated heterocycles. The first-order valence-corrected chi connectivity index (χ1v) is 7.46. The van der Waals surface area contributed by atoms with E-state index in [0.29, 0.717) is 0 Å². The third-order valence-corrected chi connectivity index (χ3v) is 4.24. The van der Waals surface area contributed by atoms with Crippen molar-refractivity contribution < 1.29 is 0 Å². The van der Waals surface area contributed by atoms with Gasteiger partial charge in [0, 0.05) is 18.3 Å². The van der Waals surface area contributed by atoms with E-state index in [9.17, 15) is 0 Å². The van der Waals surface area contributed by atoms with Gasteiger partial charge in [-0.05, 0) is 38.1 Å². The molecule has 1 saturated carbocycles. The molecule has 1 aliphatic carbocycles. The molecular weight excluding hydrogens is 236 g/mol. The van der Waals surface area contributed by atoms with E-state index in [1.807, 2.05) is 6.92 Å². The fourth-order valence-corrected chi connectivity index (χ4v) is 2.93. The van der Waals surface area contributed by atoms with Crippen molar-refractivity contribution >= 4 is 5.82 Å². The van der Waals surface area contributed by atoms with Crippen LogP contribution in [-0.2, 0) is 6.42 Å². The summed E-state index contributed by atoms with van der Waals surface area (Å²) in [6, 6.07) is 2.06. The third-order valence-electron chi connectivity index (χ3n) is 4.24. The molecule has 0 unspecified atom stereocenters. The molecule has 106 valence electrons. The molecule has 3 N–H and O–H groups in total. The van der Waals surface area contributed by atoms with Crippen molar-refractivity contribution in [3.63, 3.8) is 0 Å². The fourth-order valence-electron chi connectivity index (χ4n) is 2.93. The summed E-state index contributed by atoms with van der Waals surface area (Å²) in [5.74, 6) is 1.79. The van der Waals surface area contributed by atoms with Crippen LogP contribution in [0.3, 0.4) is 0 Å². The highest BCUT2D eigenvalue weighted by Crippen LogP contribution is 2.35. The van der Waals surface area contributed by atoms with Crippen molar-refractivity contribution in [2.45, 2.75) is 52.4 Å². The second kappa shape index (κ2) is 6.33. The number of anilines is 1. The number of nitrogens with zero attached hydrogens (tertiary/aromatic N) is 2. The highest BCUT2D eigenvalue weighted by molar-refractivity contribution is 5.36. The molecule has 1 fully saturated rings. The lowest BCUT2D eigenvalue weighted by molar-refractivity contribution is 0.215. The largest absolute Gasteiger partial charge is 0.369 e. The summed E-state index contributed by atoms with van der Waals surface area (Å²) >= 11 is 0. The number of hydrogen-bond acceptors (Lipinski definition) is 4. The Balaban J connectivity index is 2.02. The van der Waals surface area contributed by atoms with E-state index in [2.05, 4.69) is 28.3 Å². The summed E-state index contributed by atoms with van der Waals surface area (Å²) in [4.78, 5) is 8.88. The van der Waals surface area contributed by atoms with Gasteiger partial charge in [0.2, 0.25) is 0 Å². The molecular formula is C15H26N4. The zero-order chi connectivity index (χ0) is 13.7. The van der Waals surface area contributed by atoms with Crippen molar-refractivity contribution in [2.24, 2.45) is 11.1 Å². The van der Waals surface area contributed by atoms with E-state index in [1.165, 1.54) is 32.1 Å². The van der Waals surface area contributed by atoms with Crippen LogP contribution in [0.4, 0.5) is 5.82 Å². The van der Waals surface area contributed by atoms with Gasteiger partial charge >= 0.3 is 0 Å². The van der Waals surface area contributed by atoms with Crippen molar-refractivity contribution in [2.75, 3.05) is 18.4 Å². The first-order chi connectivity index (χ1) is 9.17. The van der Waals surface area contributed by atoms with Crippen molar-refractivity contribution in [1.29, 1.82) is 0 Å². The molecule has 0 radical (unpaired) electrons. The van der Waals surface area contributed by atoms with E-state index in [-0.39, 0.29) is 5.41 Å². The highest BCUT2D eigenvalue weighted by Gasteiger charge is 2.30. The van der Waals surface area contributed by atoms with Crippen LogP contribution in [0.25, 0.3) is 0 Å². The summed E-state index contributed by atoms with van der Waals surface area (Å²) < 4.78 is 0. The second-order valence-corrected chi connectivity index (χ2v) is 5.76. The lowest BCUT2D eigenvalue weighted by Gasteiger charge is -2.36. The molecule has 1 heterocycles. The molecule has 0 atom stereocenters. The zero-order valence-corrected chi connectivity index (χ0v) is 12.2. The summed E-state index contributed by atoms with van der Waals surface area (Å²) in [7, 11) is 0. The second-order valence-electron chi connectivity index (χ2n) is 5.76. The molecule has 1 aromatic heterocycles. The summed E-state index contributed by atoms with van der Waals surface area (Å²) in [5.41, 5.74) is 7.38. The van der Waals surface area contributed by atoms with E-state index in [1.54, 1.807) is 0 Å². The quantitative estimate of drug-likeness (QED) is 0.856. The number of nitrogens with two attached hydrogens (primary N) is 1. The van der Waals surface area contributed by atoms with Gasteiger partial charge in [0.25, 0.3) is 0 Å². The maximum Gasteiger partial charge on any atom is 0.129 e. The van der Waals surface area contributed by atoms with Gasteiger partial charge < -0.3 is 11.1 Å². The molecule has 0 amide bonds. The van der Waals surface area contributed by atoms with Crippen LogP contribution in [0, 0.1) is 12.3 Å². The number of nitrogens with one attached hydrogen (secondary N) is 1. The SMILES string of the molecule is CCc1cc(NCC2(CN)CCCCC2)nc(C)n1. The Morgan fingerprint density at radius 1 is 1.26 bits per heavy atom. The van der Waals surface area contributed by atoms with Crippen LogP contribution in [0.2, 0.25) is 0 Å². The van der Waals surface area contributed by atoms with E-state index in [0.717, 1.165) is 36.8 Å². The van der Waals surface area contributed by atoms with Gasteiger partial charge in [0.1, 0.15) is 11.6 Å². The minimum Gasteiger partial charge on any atom is -0.369 e. The van der Waals surface area contributed by atoms with Gasteiger partial charge in [-0.2, -0.15) is 0 Å². The van der Waals surface area contributed by atoms with Crippen LogP contribution < -0.4 is 11.1 Å². The Morgan fingerprint density at radius 2 is 2.00 bits per heavy atom. The zero-order valence-electron chi connectivity index (χ0n) is 12.2. The summed E-state index contributed by atoms with van der Waals surface area (Å²) in [6.45, 7) is 5.77. The molecule has 0 bridgehead atoms. The van der Waals surface area contributed by atoms with E-state index in [4.69, 9.17) is 5.73 Å². The van der Waals surface area contributed by atoms with Gasteiger partial charge in [-0.3, -0.25) is 0 Å². The van der Waals surface area contributed by atoms with Gasteiger partial charge in [-0.1, -0.05) is 26.2 Å². The van der Waals surface area contributed by atoms with Gasteiger partial charge in [-0.15, -0.1) is 0 Å². The van der Waals surface area contributed by atoms with Gasteiger partial charge in [0.05, 0.1) is 0 Å². The minimum absolute atomic E-state index is 0.267. The first kappa shape index (κ1) is 14.3. The topological polar surface area (TPSA) is 63.8 Å². The number of hydrogen-bond donors (Lipinski definition) is 2. The average Bonchev–Trinajstić information content (AvgIpc) is 2.45. The Kier molecular flexibility index (Phi) is 4.75. The van der Waals surface area contributed by atoms with Gasteiger partial charge in [0.15, 0.2) is 0 Å². The standard InChI is InChI=1S/C15H26N4/c1-3-13-9-14(19-12(2)18-13)17-11-15(10-16)7-5-4-6-8-15/h9H,3-8,10-11,16H2,1-2H3,(H,17,18,19). The molecule has 19 heavy (non-hydrogen) atoms. The van der Waals surface area contributed by atoms with Crippen LogP contribution in [-0.4, -0.2) is 23.1 Å². The van der Waals surface area contributed by atoms with Crippen LogP contribution in [0.5, 0.6) is 0 Å². The number of rotatable bonds is 5. The van der Waals surface area contributed by atoms with E-state index < -0.39 is 0 Å². The fraction of sp³-hybridized carbons (Fsp3) is 0.733. The summed E-state index contributed by atoms with van der Waals surface area (Å²) in [6.07, 6.45) is 7.39. The van der Waals surface area contributed by atoms with Crippen molar-refractivity contribution in [3.8, 4) is 0 Å². The molecule has 2 rings (SSSR count). The average molecular weight is 262 g/mol. The Labute approximate surface area is 116 Å². The predicted molar refractivity (Wildman–Crippen MR) is 79.2 cm³/mol. The highest BCUT2D eigenvalue weighted by atomic mass is 15.0. The van der Waals surface area contributed by atoms with Crippen molar-refractivity contribution in [1.82, 2.24) is 9.97 Å². The summed E-state index contributed by atoms with van der Waals surface area (Å²) in [5, 5.41) is 3.49. The molecule has 0 spiro atoms. The molecule has 4 nitrogen and oxygen atoms in total. The van der Waals surface area contributed by atoms with Crippen LogP contribution >= 0.6 is 0 Å². The molecule has 0 aromatic carbocycles. The van der Waals surface area contributed by atoms with Crippen LogP contribution in [0.1, 0.15) is 50.5 Å². The Hall–Kier alpha value is -1.16. The maximum atomic E-state index is 6.02. The minimum atomic E-state index is 0.267. The van der Waals surface area contributed by atoms with Crippen molar-refractivity contribution in [3.05, 3.63) is 17.6 Å². The van der Waals surface area contributed by atoms with Gasteiger partial charge in [-0.25, -0.2) is 9.97 Å². The molecule has 1 aromatic rings. The maximum absolute atomic E-state index is 6.02. The lowest BCUT2D eigenvalue weighted by Crippen LogP contribution is -2.39. The Bertz CT molecular complexity index is 411. The third kappa shape index (κ3) is 3.66. The molecule has 4 heteroatoms. The first-order valence-electron chi connectivity index (χ1n) is 7.46. The lowest BCUT2D eigenvalue weighted by atomic mass is 9.74. The molecule has 0 aliphatic heterocycles. The Morgan fingerprint density at radius 3 is 2.63 bits per heavy atom. The van der Waals surface area contributed by atoms with Crippen LogP contribution in [0.15, 0.2) is 6.07 Å². The smallest absolute Gasteiger partial charge is 0.129 e. The monoisotopic (exact) mass is 262 g/mol. The molecule has 1 aliphatic rings. The number of aromatic nitrogens is 2.